The Kier molecular flexibility index (Phi) is 6.53. The molecule has 1 amide bonds. The zero-order chi connectivity index (χ0) is 18.6. The zero-order valence-corrected chi connectivity index (χ0v) is 17.2. The molecule has 0 aliphatic rings. The van der Waals surface area contributed by atoms with Crippen LogP contribution in [0.25, 0.3) is 0 Å². The quantitative estimate of drug-likeness (QED) is 0.673. The van der Waals surface area contributed by atoms with Crippen LogP contribution >= 0.6 is 27.5 Å². The van der Waals surface area contributed by atoms with E-state index in [4.69, 9.17) is 16.3 Å². The molecule has 0 radical (unpaired) electrons. The lowest BCUT2D eigenvalue weighted by atomic mass is 9.86. The second-order valence-electron chi connectivity index (χ2n) is 7.02. The molecule has 5 heteroatoms. The van der Waals surface area contributed by atoms with Crippen LogP contribution in [-0.2, 0) is 10.2 Å². The summed E-state index contributed by atoms with van der Waals surface area (Å²) in [6, 6.07) is 13.4. The highest BCUT2D eigenvalue weighted by atomic mass is 79.9. The Balaban J connectivity index is 1.91. The second kappa shape index (κ2) is 8.24. The Morgan fingerprint density at radius 2 is 1.84 bits per heavy atom. The third-order valence-electron chi connectivity index (χ3n) is 3.91. The minimum Gasteiger partial charge on any atom is -0.483 e. The van der Waals surface area contributed by atoms with E-state index >= 15 is 0 Å². The number of ether oxygens (including phenoxy) is 1. The first kappa shape index (κ1) is 19.8. The maximum absolute atomic E-state index is 12.1. The molecule has 0 fully saturated rings. The second-order valence-corrected chi connectivity index (χ2v) is 8.32. The maximum Gasteiger partial charge on any atom is 0.258 e. The molecule has 0 bridgehead atoms. The van der Waals surface area contributed by atoms with E-state index in [1.54, 1.807) is 18.2 Å². The molecule has 2 rings (SSSR count). The fourth-order valence-corrected chi connectivity index (χ4v) is 3.17. The fourth-order valence-electron chi connectivity index (χ4n) is 2.37. The van der Waals surface area contributed by atoms with Gasteiger partial charge in [-0.05, 0) is 57.6 Å². The van der Waals surface area contributed by atoms with Gasteiger partial charge >= 0.3 is 0 Å². The van der Waals surface area contributed by atoms with Crippen LogP contribution in [0, 0.1) is 0 Å². The Labute approximate surface area is 162 Å². The number of hydrogen-bond donors (Lipinski definition) is 1. The molecule has 0 unspecified atom stereocenters. The van der Waals surface area contributed by atoms with Gasteiger partial charge in [0.2, 0.25) is 0 Å². The van der Waals surface area contributed by atoms with Crippen molar-refractivity contribution in [1.29, 1.82) is 0 Å². The van der Waals surface area contributed by atoms with Gasteiger partial charge in [0.15, 0.2) is 6.61 Å². The summed E-state index contributed by atoms with van der Waals surface area (Å²) < 4.78 is 6.26. The topological polar surface area (TPSA) is 38.3 Å². The van der Waals surface area contributed by atoms with E-state index in [2.05, 4.69) is 66.3 Å². The van der Waals surface area contributed by atoms with Gasteiger partial charge in [0.05, 0.1) is 10.5 Å². The van der Waals surface area contributed by atoms with Gasteiger partial charge in [-0.2, -0.15) is 0 Å². The van der Waals surface area contributed by atoms with Gasteiger partial charge < -0.3 is 10.1 Å². The number of benzene rings is 2. The number of nitrogens with one attached hydrogen (secondary N) is 1. The van der Waals surface area contributed by atoms with Crippen molar-refractivity contribution in [2.24, 2.45) is 0 Å². The first-order chi connectivity index (χ1) is 11.7. The lowest BCUT2D eigenvalue weighted by molar-refractivity contribution is -0.123. The standard InChI is InChI=1S/C20H23BrClNO2/c1-13(14-5-7-15(8-6-14)20(2,3)4)23-19(24)12-25-18-10-9-16(22)11-17(18)21/h5-11,13H,12H2,1-4H3,(H,23,24)/t13-/m0/s1. The summed E-state index contributed by atoms with van der Waals surface area (Å²) in [6.07, 6.45) is 0. The van der Waals surface area contributed by atoms with Crippen LogP contribution in [-0.4, -0.2) is 12.5 Å². The van der Waals surface area contributed by atoms with Crippen LogP contribution < -0.4 is 10.1 Å². The van der Waals surface area contributed by atoms with Crippen LogP contribution in [0.3, 0.4) is 0 Å². The van der Waals surface area contributed by atoms with Gasteiger partial charge in [0.25, 0.3) is 5.91 Å². The molecule has 0 heterocycles. The summed E-state index contributed by atoms with van der Waals surface area (Å²) in [7, 11) is 0. The fraction of sp³-hybridized carbons (Fsp3) is 0.350. The van der Waals surface area contributed by atoms with Crippen LogP contribution in [0.15, 0.2) is 46.9 Å². The van der Waals surface area contributed by atoms with Gasteiger partial charge in [0, 0.05) is 5.02 Å². The number of halogens is 2. The SMILES string of the molecule is C[C@H](NC(=O)COc1ccc(Cl)cc1Br)c1ccc(C(C)(C)C)cc1. The lowest BCUT2D eigenvalue weighted by Crippen LogP contribution is -2.31. The summed E-state index contributed by atoms with van der Waals surface area (Å²) in [6.45, 7) is 8.45. The Morgan fingerprint density at radius 1 is 1.20 bits per heavy atom. The minimum atomic E-state index is -0.172. The largest absolute Gasteiger partial charge is 0.483 e. The molecule has 1 N–H and O–H groups in total. The molecule has 134 valence electrons. The van der Waals surface area contributed by atoms with Crippen molar-refractivity contribution in [1.82, 2.24) is 5.32 Å². The van der Waals surface area contributed by atoms with E-state index in [1.165, 1.54) is 5.56 Å². The Hall–Kier alpha value is -1.52. The zero-order valence-electron chi connectivity index (χ0n) is 14.9. The number of amides is 1. The molecule has 0 saturated carbocycles. The van der Waals surface area contributed by atoms with Crippen molar-refractivity contribution in [3.05, 3.63) is 63.1 Å². The molecule has 2 aromatic carbocycles. The van der Waals surface area contributed by atoms with Crippen LogP contribution in [0.4, 0.5) is 0 Å². The van der Waals surface area contributed by atoms with E-state index in [0.29, 0.717) is 10.8 Å². The van der Waals surface area contributed by atoms with Gasteiger partial charge in [-0.1, -0.05) is 56.6 Å². The van der Waals surface area contributed by atoms with Crippen molar-refractivity contribution < 1.29 is 9.53 Å². The molecule has 1 atom stereocenters. The molecular weight excluding hydrogens is 402 g/mol. The molecule has 2 aromatic rings. The molecular formula is C20H23BrClNO2. The van der Waals surface area contributed by atoms with E-state index in [0.717, 1.165) is 10.0 Å². The first-order valence-electron chi connectivity index (χ1n) is 8.14. The summed E-state index contributed by atoms with van der Waals surface area (Å²) in [4.78, 5) is 12.1. The number of carbonyl (C=O) groups excluding carboxylic acids is 1. The highest BCUT2D eigenvalue weighted by molar-refractivity contribution is 9.10. The normalized spacial score (nSPS) is 12.6. The highest BCUT2D eigenvalue weighted by Gasteiger charge is 2.15. The molecule has 0 saturated heterocycles. The molecule has 0 spiro atoms. The van der Waals surface area contributed by atoms with Crippen molar-refractivity contribution in [3.63, 3.8) is 0 Å². The summed E-state index contributed by atoms with van der Waals surface area (Å²) in [5.41, 5.74) is 2.45. The summed E-state index contributed by atoms with van der Waals surface area (Å²) in [5, 5.41) is 3.56. The van der Waals surface area contributed by atoms with Crippen LogP contribution in [0.2, 0.25) is 5.02 Å². The molecule has 25 heavy (non-hydrogen) atoms. The van der Waals surface area contributed by atoms with Gasteiger partial charge in [-0.25, -0.2) is 0 Å². The van der Waals surface area contributed by atoms with Crippen molar-refractivity contribution in [2.75, 3.05) is 6.61 Å². The number of hydrogen-bond acceptors (Lipinski definition) is 2. The highest BCUT2D eigenvalue weighted by Crippen LogP contribution is 2.28. The van der Waals surface area contributed by atoms with Crippen LogP contribution in [0.5, 0.6) is 5.75 Å². The number of rotatable bonds is 5. The Morgan fingerprint density at radius 3 is 2.40 bits per heavy atom. The first-order valence-corrected chi connectivity index (χ1v) is 9.31. The average Bonchev–Trinajstić information content (AvgIpc) is 2.53. The molecule has 0 aliphatic carbocycles. The molecule has 0 aromatic heterocycles. The van der Waals surface area contributed by atoms with E-state index in [-0.39, 0.29) is 24.0 Å². The van der Waals surface area contributed by atoms with Crippen molar-refractivity contribution in [3.8, 4) is 5.75 Å². The van der Waals surface area contributed by atoms with Gasteiger partial charge in [-0.3, -0.25) is 4.79 Å². The van der Waals surface area contributed by atoms with Gasteiger partial charge in [-0.15, -0.1) is 0 Å². The van der Waals surface area contributed by atoms with Crippen LogP contribution in [0.1, 0.15) is 44.9 Å². The maximum atomic E-state index is 12.1. The third-order valence-corrected chi connectivity index (χ3v) is 4.76. The third kappa shape index (κ3) is 5.75. The monoisotopic (exact) mass is 423 g/mol. The predicted octanol–water partition coefficient (Wildman–Crippen LogP) is 5.66. The minimum absolute atomic E-state index is 0.0509. The predicted molar refractivity (Wildman–Crippen MR) is 106 cm³/mol. The Bertz CT molecular complexity index is 738. The van der Waals surface area contributed by atoms with E-state index < -0.39 is 0 Å². The average molecular weight is 425 g/mol. The molecule has 3 nitrogen and oxygen atoms in total. The lowest BCUT2D eigenvalue weighted by Gasteiger charge is -2.20. The summed E-state index contributed by atoms with van der Waals surface area (Å²) >= 11 is 9.26. The summed E-state index contributed by atoms with van der Waals surface area (Å²) in [5.74, 6) is 0.413. The van der Waals surface area contributed by atoms with Crippen molar-refractivity contribution >= 4 is 33.4 Å². The smallest absolute Gasteiger partial charge is 0.258 e. The molecule has 0 aliphatic heterocycles. The van der Waals surface area contributed by atoms with Gasteiger partial charge in [0.1, 0.15) is 5.75 Å². The number of carbonyl (C=O) groups is 1. The van der Waals surface area contributed by atoms with E-state index in [9.17, 15) is 4.79 Å². The van der Waals surface area contributed by atoms with E-state index in [1.807, 2.05) is 6.92 Å². The van der Waals surface area contributed by atoms with Crippen molar-refractivity contribution in [2.45, 2.75) is 39.2 Å².